The number of esters is 1. The number of aromatic nitrogens is 1. The summed E-state index contributed by atoms with van der Waals surface area (Å²) in [5.74, 6) is 1.39. The van der Waals surface area contributed by atoms with Gasteiger partial charge in [0, 0.05) is 28.7 Å². The lowest BCUT2D eigenvalue weighted by Gasteiger charge is -2.14. The molecule has 8 heteroatoms. The van der Waals surface area contributed by atoms with Crippen LogP contribution in [-0.2, 0) is 4.74 Å². The fourth-order valence-corrected chi connectivity index (χ4v) is 3.90. The number of ketones is 1. The highest BCUT2D eigenvalue weighted by Crippen LogP contribution is 2.35. The highest BCUT2D eigenvalue weighted by atomic mass is 16.7. The normalized spacial score (nSPS) is 12.1. The van der Waals surface area contributed by atoms with E-state index in [-0.39, 0.29) is 30.9 Å². The van der Waals surface area contributed by atoms with Crippen molar-refractivity contribution in [2.24, 2.45) is 0 Å². The lowest BCUT2D eigenvalue weighted by atomic mass is 10.1. The summed E-state index contributed by atoms with van der Waals surface area (Å²) < 4.78 is 29.1. The molecule has 1 aliphatic rings. The van der Waals surface area contributed by atoms with Gasteiger partial charge in [-0.1, -0.05) is 0 Å². The van der Waals surface area contributed by atoms with Crippen molar-refractivity contribution >= 4 is 11.8 Å². The van der Waals surface area contributed by atoms with E-state index in [0.29, 0.717) is 28.6 Å². The van der Waals surface area contributed by atoms with E-state index in [1.165, 1.54) is 13.2 Å². The highest BCUT2D eigenvalue weighted by Gasteiger charge is 2.21. The summed E-state index contributed by atoms with van der Waals surface area (Å²) in [6.07, 6.45) is -0.0408. The predicted molar refractivity (Wildman–Crippen MR) is 125 cm³/mol. The molecule has 0 aliphatic carbocycles. The zero-order chi connectivity index (χ0) is 24.4. The molecular weight excluding hydrogens is 438 g/mol. The SMILES string of the molecule is COc1cc(C(=O)OCC(=O)c2cc(C)n(-c3ccc4c(c3)OCO4)c2C)ccc1OC(C)C. The number of carbonyl (C=O) groups is 2. The van der Waals surface area contributed by atoms with Crippen LogP contribution in [-0.4, -0.2) is 42.9 Å². The van der Waals surface area contributed by atoms with Crippen molar-refractivity contribution in [2.45, 2.75) is 33.8 Å². The number of benzene rings is 2. The highest BCUT2D eigenvalue weighted by molar-refractivity contribution is 6.00. The van der Waals surface area contributed by atoms with E-state index in [4.69, 9.17) is 23.7 Å². The molecule has 0 radical (unpaired) electrons. The molecule has 0 saturated heterocycles. The van der Waals surface area contributed by atoms with Crippen LogP contribution in [0.1, 0.15) is 46.0 Å². The number of nitrogens with zero attached hydrogens (tertiary/aromatic N) is 1. The Kier molecular flexibility index (Phi) is 6.49. The zero-order valence-electron chi connectivity index (χ0n) is 19.8. The molecule has 0 spiro atoms. The van der Waals surface area contributed by atoms with Crippen LogP contribution in [0.5, 0.6) is 23.0 Å². The van der Waals surface area contributed by atoms with Gasteiger partial charge in [-0.25, -0.2) is 4.79 Å². The molecule has 0 unspecified atom stereocenters. The summed E-state index contributed by atoms with van der Waals surface area (Å²) in [4.78, 5) is 25.5. The number of rotatable bonds is 8. The minimum absolute atomic E-state index is 0.0408. The van der Waals surface area contributed by atoms with Gasteiger partial charge < -0.3 is 28.3 Å². The van der Waals surface area contributed by atoms with Gasteiger partial charge in [-0.3, -0.25) is 4.79 Å². The molecule has 0 N–H and O–H groups in total. The van der Waals surface area contributed by atoms with Gasteiger partial charge in [0.25, 0.3) is 0 Å². The third kappa shape index (κ3) is 4.57. The minimum atomic E-state index is -0.618. The maximum atomic E-state index is 12.9. The van der Waals surface area contributed by atoms with Crippen molar-refractivity contribution in [3.63, 3.8) is 0 Å². The van der Waals surface area contributed by atoms with Crippen molar-refractivity contribution in [3.05, 3.63) is 65.0 Å². The molecule has 2 aromatic carbocycles. The molecule has 0 fully saturated rings. The molecule has 2 heterocycles. The summed E-state index contributed by atoms with van der Waals surface area (Å²) in [5.41, 5.74) is 3.23. The number of hydrogen-bond acceptors (Lipinski definition) is 7. The van der Waals surface area contributed by atoms with Crippen LogP contribution in [0, 0.1) is 13.8 Å². The van der Waals surface area contributed by atoms with Gasteiger partial charge in [0.2, 0.25) is 12.6 Å². The summed E-state index contributed by atoms with van der Waals surface area (Å²) in [6.45, 7) is 7.37. The largest absolute Gasteiger partial charge is 0.493 e. The Balaban J connectivity index is 1.47. The van der Waals surface area contributed by atoms with Crippen LogP contribution in [0.4, 0.5) is 0 Å². The van der Waals surface area contributed by atoms with E-state index in [2.05, 4.69) is 0 Å². The fraction of sp³-hybridized carbons (Fsp3) is 0.308. The Morgan fingerprint density at radius 3 is 2.50 bits per heavy atom. The van der Waals surface area contributed by atoms with E-state index < -0.39 is 5.97 Å². The summed E-state index contributed by atoms with van der Waals surface area (Å²) >= 11 is 0. The number of methoxy groups -OCH3 is 1. The number of ether oxygens (including phenoxy) is 5. The number of carbonyl (C=O) groups excluding carboxylic acids is 2. The Morgan fingerprint density at radius 1 is 1.00 bits per heavy atom. The first-order valence-corrected chi connectivity index (χ1v) is 10.9. The van der Waals surface area contributed by atoms with Crippen LogP contribution in [0.25, 0.3) is 5.69 Å². The second-order valence-electron chi connectivity index (χ2n) is 8.19. The quantitative estimate of drug-likeness (QED) is 0.353. The molecule has 0 saturated carbocycles. The molecular formula is C26H27NO7. The van der Waals surface area contributed by atoms with E-state index in [1.54, 1.807) is 18.2 Å². The number of hydrogen-bond donors (Lipinski definition) is 0. The smallest absolute Gasteiger partial charge is 0.338 e. The van der Waals surface area contributed by atoms with Crippen molar-refractivity contribution in [1.29, 1.82) is 0 Å². The second kappa shape index (κ2) is 9.51. The lowest BCUT2D eigenvalue weighted by molar-refractivity contribution is 0.0474. The van der Waals surface area contributed by atoms with Crippen LogP contribution in [0.3, 0.4) is 0 Å². The van der Waals surface area contributed by atoms with Crippen LogP contribution >= 0.6 is 0 Å². The van der Waals surface area contributed by atoms with Gasteiger partial charge in [0.15, 0.2) is 29.6 Å². The fourth-order valence-electron chi connectivity index (χ4n) is 3.90. The van der Waals surface area contributed by atoms with Gasteiger partial charge in [-0.2, -0.15) is 0 Å². The van der Waals surface area contributed by atoms with Crippen LogP contribution < -0.4 is 18.9 Å². The maximum Gasteiger partial charge on any atom is 0.338 e. The second-order valence-corrected chi connectivity index (χ2v) is 8.19. The Morgan fingerprint density at radius 2 is 1.76 bits per heavy atom. The average Bonchev–Trinajstić information content (AvgIpc) is 3.40. The van der Waals surface area contributed by atoms with Crippen molar-refractivity contribution in [2.75, 3.05) is 20.5 Å². The maximum absolute atomic E-state index is 12.9. The number of fused-ring (bicyclic) bond motifs is 1. The van der Waals surface area contributed by atoms with Gasteiger partial charge in [0.1, 0.15) is 0 Å². The van der Waals surface area contributed by atoms with E-state index in [1.807, 2.05) is 50.5 Å². The average molecular weight is 466 g/mol. The molecule has 0 amide bonds. The molecule has 8 nitrogen and oxygen atoms in total. The molecule has 0 atom stereocenters. The predicted octanol–water partition coefficient (Wildman–Crippen LogP) is 4.66. The summed E-state index contributed by atoms with van der Waals surface area (Å²) in [7, 11) is 1.50. The molecule has 0 bridgehead atoms. The van der Waals surface area contributed by atoms with Crippen LogP contribution in [0.15, 0.2) is 42.5 Å². The molecule has 178 valence electrons. The van der Waals surface area contributed by atoms with Crippen molar-refractivity contribution < 1.29 is 33.3 Å². The minimum Gasteiger partial charge on any atom is -0.493 e. The van der Waals surface area contributed by atoms with Gasteiger partial charge >= 0.3 is 5.97 Å². The van der Waals surface area contributed by atoms with Crippen molar-refractivity contribution in [3.8, 4) is 28.7 Å². The van der Waals surface area contributed by atoms with Gasteiger partial charge in [-0.05, 0) is 64.1 Å². The number of aryl methyl sites for hydroxylation is 1. The first kappa shape index (κ1) is 23.2. The third-order valence-electron chi connectivity index (χ3n) is 5.44. The van der Waals surface area contributed by atoms with E-state index in [9.17, 15) is 9.59 Å². The first-order chi connectivity index (χ1) is 16.3. The van der Waals surface area contributed by atoms with Gasteiger partial charge in [-0.15, -0.1) is 0 Å². The van der Waals surface area contributed by atoms with Gasteiger partial charge in [0.05, 0.1) is 18.8 Å². The molecule has 3 aromatic rings. The Labute approximate surface area is 197 Å². The first-order valence-electron chi connectivity index (χ1n) is 10.9. The summed E-state index contributed by atoms with van der Waals surface area (Å²) in [6, 6.07) is 12.2. The summed E-state index contributed by atoms with van der Waals surface area (Å²) in [5, 5.41) is 0. The third-order valence-corrected chi connectivity index (χ3v) is 5.44. The standard InChI is InChI=1S/C26H27NO7/c1-15(2)34-23-8-6-18(11-24(23)30-5)26(29)31-13-21(28)20-10-16(3)27(17(20)4)19-7-9-22-25(12-19)33-14-32-22/h6-12,15H,13-14H2,1-5H3. The lowest BCUT2D eigenvalue weighted by Crippen LogP contribution is -2.15. The Bertz CT molecular complexity index is 1240. The molecule has 34 heavy (non-hydrogen) atoms. The molecule has 1 aliphatic heterocycles. The van der Waals surface area contributed by atoms with Crippen molar-refractivity contribution in [1.82, 2.24) is 4.57 Å². The molecule has 1 aromatic heterocycles. The molecule has 4 rings (SSSR count). The number of Topliss-reactive ketones (excluding diaryl/α,β-unsaturated/α-hetero) is 1. The topological polar surface area (TPSA) is 85.2 Å². The van der Waals surface area contributed by atoms with Crippen LogP contribution in [0.2, 0.25) is 0 Å². The monoisotopic (exact) mass is 465 g/mol. The van der Waals surface area contributed by atoms with E-state index >= 15 is 0 Å². The Hall–Kier alpha value is -3.94. The van der Waals surface area contributed by atoms with E-state index in [0.717, 1.165) is 17.1 Å². The zero-order valence-corrected chi connectivity index (χ0v) is 19.8.